The molecule has 10 heteroatoms. The van der Waals surface area contributed by atoms with Gasteiger partial charge in [-0.1, -0.05) is 18.2 Å². The third kappa shape index (κ3) is 4.35. The molecule has 0 saturated carbocycles. The standard InChI is InChI=1S/C11H12ClF3N3O3/c1-6(18(19)20)4-5-7(2)21-10-8(12)9(11(13,14)15)17(3)16-10/h6H,1-2,4-5H2,3H3. The number of aromatic nitrogens is 2. The number of rotatable bonds is 6. The SMILES string of the molecule is [CH2]C(CCC(=C)Oc1nn(C)c(C(F)(F)F)c1Cl)[N+](=O)[O-]. The molecule has 0 saturated heterocycles. The molecule has 0 N–H and O–H groups in total. The quantitative estimate of drug-likeness (QED) is 0.457. The van der Waals surface area contributed by atoms with E-state index in [9.17, 15) is 23.3 Å². The molecule has 1 aromatic heterocycles. The van der Waals surface area contributed by atoms with Crippen LogP contribution in [0.4, 0.5) is 13.2 Å². The van der Waals surface area contributed by atoms with Crippen molar-refractivity contribution in [2.24, 2.45) is 7.05 Å². The van der Waals surface area contributed by atoms with Crippen LogP contribution in [0.25, 0.3) is 0 Å². The molecule has 1 radical (unpaired) electrons. The summed E-state index contributed by atoms with van der Waals surface area (Å²) in [7, 11) is 1.07. The second kappa shape index (κ2) is 6.33. The first-order valence-corrected chi connectivity index (χ1v) is 6.03. The predicted octanol–water partition coefficient (Wildman–Crippen LogP) is 3.24. The van der Waals surface area contributed by atoms with Crippen LogP contribution in [0, 0.1) is 17.0 Å². The molecule has 1 heterocycles. The van der Waals surface area contributed by atoms with E-state index in [4.69, 9.17) is 16.3 Å². The van der Waals surface area contributed by atoms with Crippen LogP contribution in [0.5, 0.6) is 5.88 Å². The molecule has 0 fully saturated rings. The lowest BCUT2D eigenvalue weighted by molar-refractivity contribution is -0.511. The highest BCUT2D eigenvalue weighted by Gasteiger charge is 2.39. The Morgan fingerprint density at radius 2 is 2.19 bits per heavy atom. The minimum Gasteiger partial charge on any atom is -0.442 e. The van der Waals surface area contributed by atoms with Gasteiger partial charge in [0.15, 0.2) is 5.69 Å². The van der Waals surface area contributed by atoms with Gasteiger partial charge in [-0.2, -0.15) is 13.2 Å². The maximum absolute atomic E-state index is 12.7. The summed E-state index contributed by atoms with van der Waals surface area (Å²) < 4.78 is 43.7. The largest absolute Gasteiger partial charge is 0.442 e. The number of aryl methyl sites for hydroxylation is 1. The van der Waals surface area contributed by atoms with E-state index in [2.05, 4.69) is 18.6 Å². The van der Waals surface area contributed by atoms with Gasteiger partial charge in [-0.3, -0.25) is 14.8 Å². The first-order valence-electron chi connectivity index (χ1n) is 5.66. The summed E-state index contributed by atoms with van der Waals surface area (Å²) in [5.74, 6) is -0.433. The topological polar surface area (TPSA) is 70.2 Å². The predicted molar refractivity (Wildman–Crippen MR) is 68.4 cm³/mol. The van der Waals surface area contributed by atoms with Gasteiger partial charge >= 0.3 is 6.18 Å². The second-order valence-corrected chi connectivity index (χ2v) is 4.59. The molecular weight excluding hydrogens is 315 g/mol. The van der Waals surface area contributed by atoms with Crippen LogP contribution >= 0.6 is 11.6 Å². The summed E-state index contributed by atoms with van der Waals surface area (Å²) in [6.45, 7) is 6.76. The molecule has 117 valence electrons. The maximum Gasteiger partial charge on any atom is 0.434 e. The van der Waals surface area contributed by atoms with Gasteiger partial charge in [0.25, 0.3) is 5.88 Å². The smallest absolute Gasteiger partial charge is 0.434 e. The van der Waals surface area contributed by atoms with E-state index >= 15 is 0 Å². The minimum atomic E-state index is -4.67. The molecule has 6 nitrogen and oxygen atoms in total. The molecular formula is C11H12ClF3N3O3. The number of nitro groups is 1. The van der Waals surface area contributed by atoms with Gasteiger partial charge in [0.1, 0.15) is 5.02 Å². The van der Waals surface area contributed by atoms with E-state index in [1.807, 2.05) is 0 Å². The van der Waals surface area contributed by atoms with E-state index in [1.165, 1.54) is 0 Å². The Balaban J connectivity index is 2.76. The number of hydrogen-bond donors (Lipinski definition) is 0. The fourth-order valence-electron chi connectivity index (χ4n) is 1.47. The van der Waals surface area contributed by atoms with Gasteiger partial charge in [-0.05, 0) is 0 Å². The zero-order valence-corrected chi connectivity index (χ0v) is 11.7. The lowest BCUT2D eigenvalue weighted by Gasteiger charge is -2.08. The van der Waals surface area contributed by atoms with E-state index in [-0.39, 0.29) is 18.6 Å². The molecule has 0 aliphatic heterocycles. The molecule has 1 unspecified atom stereocenters. The average molecular weight is 327 g/mol. The summed E-state index contributed by atoms with van der Waals surface area (Å²) in [6.07, 6.45) is -4.60. The molecule has 1 atom stereocenters. The third-order valence-electron chi connectivity index (χ3n) is 2.52. The molecule has 1 aromatic rings. The van der Waals surface area contributed by atoms with Crippen LogP contribution in [-0.4, -0.2) is 20.7 Å². The lowest BCUT2D eigenvalue weighted by atomic mass is 10.2. The van der Waals surface area contributed by atoms with Crippen molar-refractivity contribution < 1.29 is 22.8 Å². The Kier molecular flexibility index (Phi) is 5.21. The number of nitrogens with zero attached hydrogens (tertiary/aromatic N) is 3. The van der Waals surface area contributed by atoms with Crippen molar-refractivity contribution in [3.63, 3.8) is 0 Å². The molecule has 0 aliphatic carbocycles. The molecule has 0 aliphatic rings. The number of ether oxygens (including phenoxy) is 1. The summed E-state index contributed by atoms with van der Waals surface area (Å²) in [5, 5.41) is 13.2. The first-order chi connectivity index (χ1) is 9.54. The first kappa shape index (κ1) is 17.3. The molecule has 0 bridgehead atoms. The molecule has 0 amide bonds. The highest BCUT2D eigenvalue weighted by atomic mass is 35.5. The molecule has 0 spiro atoms. The summed E-state index contributed by atoms with van der Waals surface area (Å²) in [5.41, 5.74) is -1.15. The van der Waals surface area contributed by atoms with Crippen LogP contribution in [0.3, 0.4) is 0 Å². The van der Waals surface area contributed by atoms with Crippen molar-refractivity contribution in [2.45, 2.75) is 25.1 Å². The molecule has 0 aromatic carbocycles. The van der Waals surface area contributed by atoms with E-state index in [0.29, 0.717) is 4.68 Å². The minimum absolute atomic E-state index is 0.0132. The number of allylic oxidation sites excluding steroid dienone is 1. The Hall–Kier alpha value is -1.77. The van der Waals surface area contributed by atoms with Crippen LogP contribution in [0.15, 0.2) is 12.3 Å². The van der Waals surface area contributed by atoms with Gasteiger partial charge in [-0.25, -0.2) is 0 Å². The molecule has 1 rings (SSSR count). The van der Waals surface area contributed by atoms with Gasteiger partial charge in [0.05, 0.1) is 5.76 Å². The zero-order chi connectivity index (χ0) is 16.4. The number of halogens is 4. The van der Waals surface area contributed by atoms with E-state index < -0.39 is 33.7 Å². The molecule has 21 heavy (non-hydrogen) atoms. The van der Waals surface area contributed by atoms with Gasteiger partial charge in [-0.15, -0.1) is 5.10 Å². The van der Waals surface area contributed by atoms with Crippen molar-refractivity contribution in [3.8, 4) is 5.88 Å². The van der Waals surface area contributed by atoms with Crippen LogP contribution < -0.4 is 4.74 Å². The van der Waals surface area contributed by atoms with E-state index in [1.54, 1.807) is 0 Å². The van der Waals surface area contributed by atoms with Crippen LogP contribution in [-0.2, 0) is 13.2 Å². The maximum atomic E-state index is 12.7. The second-order valence-electron chi connectivity index (χ2n) is 4.21. The fourth-order valence-corrected chi connectivity index (χ4v) is 1.77. The highest BCUT2D eigenvalue weighted by molar-refractivity contribution is 6.32. The average Bonchev–Trinajstić information content (AvgIpc) is 2.60. The Morgan fingerprint density at radius 1 is 1.62 bits per heavy atom. The highest BCUT2D eigenvalue weighted by Crippen LogP contribution is 2.39. The number of alkyl halides is 3. The van der Waals surface area contributed by atoms with Crippen molar-refractivity contribution in [3.05, 3.63) is 40.1 Å². The number of hydrogen-bond acceptors (Lipinski definition) is 4. The van der Waals surface area contributed by atoms with Crippen molar-refractivity contribution in [2.75, 3.05) is 0 Å². The zero-order valence-electron chi connectivity index (χ0n) is 11.0. The third-order valence-corrected chi connectivity index (χ3v) is 2.86. The van der Waals surface area contributed by atoms with Gasteiger partial charge in [0.2, 0.25) is 6.04 Å². The fraction of sp³-hybridized carbons (Fsp3) is 0.455. The summed E-state index contributed by atoms with van der Waals surface area (Å²) in [6, 6.07) is -1.06. The monoisotopic (exact) mass is 326 g/mol. The summed E-state index contributed by atoms with van der Waals surface area (Å²) >= 11 is 5.58. The van der Waals surface area contributed by atoms with Crippen molar-refractivity contribution >= 4 is 11.6 Å². The Bertz CT molecular complexity index is 557. The van der Waals surface area contributed by atoms with Crippen molar-refractivity contribution in [1.29, 1.82) is 0 Å². The summed E-state index contributed by atoms with van der Waals surface area (Å²) in [4.78, 5) is 9.81. The van der Waals surface area contributed by atoms with E-state index in [0.717, 1.165) is 7.05 Å². The Labute approximate surface area is 123 Å². The van der Waals surface area contributed by atoms with Crippen LogP contribution in [0.2, 0.25) is 5.02 Å². The lowest BCUT2D eigenvalue weighted by Crippen LogP contribution is -2.15. The normalized spacial score (nSPS) is 13.0. The van der Waals surface area contributed by atoms with Crippen LogP contribution in [0.1, 0.15) is 18.5 Å². The van der Waals surface area contributed by atoms with Crippen molar-refractivity contribution in [1.82, 2.24) is 9.78 Å². The Morgan fingerprint density at radius 3 is 2.62 bits per heavy atom. The van der Waals surface area contributed by atoms with Gasteiger partial charge in [0, 0.05) is 31.7 Å². The van der Waals surface area contributed by atoms with Gasteiger partial charge < -0.3 is 4.74 Å².